The number of fused-ring (bicyclic) bond motifs is 2. The molecular formula is C22H25N11O10P2S. The predicted molar refractivity (Wildman–Crippen MR) is 156 cm³/mol. The maximum atomic E-state index is 12.4. The van der Waals surface area contributed by atoms with Crippen molar-refractivity contribution in [3.63, 3.8) is 0 Å². The van der Waals surface area contributed by atoms with Crippen molar-refractivity contribution in [1.29, 1.82) is 0 Å². The molecule has 4 aromatic rings. The molecule has 11 atom stereocenters. The number of ether oxygens (including phenoxy) is 2. The van der Waals surface area contributed by atoms with E-state index in [9.17, 15) is 19.7 Å². The van der Waals surface area contributed by atoms with Crippen molar-refractivity contribution < 1.29 is 42.5 Å². The first-order valence-electron chi connectivity index (χ1n) is 14.0. The highest BCUT2D eigenvalue weighted by Crippen LogP contribution is 2.71. The third kappa shape index (κ3) is 4.10. The number of imidazole rings is 1. The summed E-state index contributed by atoms with van der Waals surface area (Å²) >= 11 is 5.47. The average molecular weight is 698 g/mol. The van der Waals surface area contributed by atoms with Crippen LogP contribution in [-0.4, -0.2) is 109 Å². The molecule has 4 aromatic heterocycles. The molecule has 2 bridgehead atoms. The minimum atomic E-state index is -4.00. The smallest absolute Gasteiger partial charge is 0.330 e. The van der Waals surface area contributed by atoms with Gasteiger partial charge in [-0.15, -0.1) is 5.10 Å². The number of anilines is 2. The number of nitrogens with one attached hydrogen (secondary N) is 1. The minimum Gasteiger partial charge on any atom is -0.388 e. The van der Waals surface area contributed by atoms with Gasteiger partial charge < -0.3 is 49.4 Å². The zero-order valence-corrected chi connectivity index (χ0v) is 25.9. The van der Waals surface area contributed by atoms with E-state index in [0.29, 0.717) is 17.6 Å². The van der Waals surface area contributed by atoms with Crippen LogP contribution in [0.3, 0.4) is 0 Å². The predicted octanol–water partition coefficient (Wildman–Crippen LogP) is -1.64. The van der Waals surface area contributed by atoms with Crippen molar-refractivity contribution in [3.05, 3.63) is 23.0 Å². The van der Waals surface area contributed by atoms with Crippen LogP contribution in [0.15, 0.2) is 17.4 Å². The van der Waals surface area contributed by atoms with Crippen molar-refractivity contribution in [1.82, 2.24) is 44.5 Å². The second-order valence-corrected chi connectivity index (χ2v) is 15.7. The molecule has 24 heteroatoms. The average Bonchev–Trinajstić information content (AvgIpc) is 3.43. The Labute approximate surface area is 262 Å². The quantitative estimate of drug-likeness (QED) is 0.128. The zero-order valence-electron chi connectivity index (χ0n) is 23.3. The highest BCUT2D eigenvalue weighted by Gasteiger charge is 2.74. The van der Waals surface area contributed by atoms with Crippen LogP contribution >= 0.6 is 15.3 Å². The number of nitrogen functional groups attached to an aromatic ring is 2. The van der Waals surface area contributed by atoms with Crippen LogP contribution in [0.5, 0.6) is 0 Å². The molecule has 9 rings (SSSR count). The number of H-pyrrole nitrogens is 1. The molecule has 5 fully saturated rings. The highest BCUT2D eigenvalue weighted by molar-refractivity contribution is 8.07. The molecule has 21 nitrogen and oxygen atoms in total. The Morgan fingerprint density at radius 2 is 2.00 bits per heavy atom. The third-order valence-corrected chi connectivity index (χ3v) is 11.7. The summed E-state index contributed by atoms with van der Waals surface area (Å²) < 4.78 is 39.2. The van der Waals surface area contributed by atoms with Crippen LogP contribution in [0.2, 0.25) is 0 Å². The summed E-state index contributed by atoms with van der Waals surface area (Å²) in [6.07, 6.45) is -1.83. The van der Waals surface area contributed by atoms with Gasteiger partial charge in [-0.1, -0.05) is 5.21 Å². The van der Waals surface area contributed by atoms with Crippen LogP contribution < -0.4 is 17.0 Å². The molecule has 8 N–H and O–H groups in total. The molecule has 2 aliphatic carbocycles. The summed E-state index contributed by atoms with van der Waals surface area (Å²) in [6, 6.07) is -0.798. The molecule has 0 aromatic carbocycles. The normalized spacial score (nSPS) is 42.0. The van der Waals surface area contributed by atoms with E-state index in [1.54, 1.807) is 4.57 Å². The number of hydrogen-bond donors (Lipinski definition) is 6. The largest absolute Gasteiger partial charge is 0.388 e. The van der Waals surface area contributed by atoms with Gasteiger partial charge in [-0.2, -0.15) is 4.98 Å². The first-order chi connectivity index (χ1) is 22.0. The van der Waals surface area contributed by atoms with E-state index in [-0.39, 0.29) is 48.7 Å². The first-order valence-corrected chi connectivity index (χ1v) is 17.7. The summed E-state index contributed by atoms with van der Waals surface area (Å²) in [7, 11) is -2.61. The fourth-order valence-corrected chi connectivity index (χ4v) is 9.70. The Morgan fingerprint density at radius 3 is 2.85 bits per heavy atom. The summed E-state index contributed by atoms with van der Waals surface area (Å²) in [4.78, 5) is 53.8. The number of rotatable bonds is 2. The van der Waals surface area contributed by atoms with Crippen LogP contribution in [-0.2, 0) is 39.4 Å². The molecule has 5 aliphatic rings. The van der Waals surface area contributed by atoms with Crippen LogP contribution in [0.4, 0.5) is 11.8 Å². The van der Waals surface area contributed by atoms with Gasteiger partial charge in [0.25, 0.3) is 5.56 Å². The Hall–Kier alpha value is -2.85. The van der Waals surface area contributed by atoms with Crippen LogP contribution in [0, 0.1) is 11.3 Å². The fraction of sp³-hybridized carbons (Fsp3) is 0.591. The molecule has 3 aliphatic heterocycles. The fourth-order valence-electron chi connectivity index (χ4n) is 7.28. The van der Waals surface area contributed by atoms with Gasteiger partial charge in [-0.3, -0.25) is 18.9 Å². The van der Waals surface area contributed by atoms with Crippen molar-refractivity contribution in [2.45, 2.75) is 48.7 Å². The van der Waals surface area contributed by atoms with Gasteiger partial charge in [-0.25, -0.2) is 19.6 Å². The van der Waals surface area contributed by atoms with Crippen molar-refractivity contribution in [3.8, 4) is 0 Å². The standard InChI is InChI=1S/C22H25N11O10P2S/c23-15-8-16(26-5-25-15)32(6-27-8)19-12-14-22(41-19,3-38-12)4-39-44(36)42-13-11(34)10(7-1-21(7,13)2-40-45(37,46)43-14)33-17-9(30-31-33)18(35)29-20(24)28-17/h5-7,10-14,19,34,36H,1-4H2,(H,37,46)(H2,23,25,26)(H3,24,28,29,35). The number of hydrogen-bond acceptors (Lipinski definition) is 18. The van der Waals surface area contributed by atoms with Crippen molar-refractivity contribution >= 4 is 61.2 Å². The Bertz CT molecular complexity index is 2020. The number of nitrogens with two attached hydrogens (primary N) is 2. The van der Waals surface area contributed by atoms with E-state index in [4.69, 9.17) is 50.8 Å². The van der Waals surface area contributed by atoms with E-state index < -0.39 is 68.6 Å². The van der Waals surface area contributed by atoms with E-state index in [0.717, 1.165) is 0 Å². The van der Waals surface area contributed by atoms with Gasteiger partial charge in [-0.05, 0) is 24.1 Å². The SMILES string of the molecule is Nc1nc2c(nnn2C2C(O)C3OP(O)OCC45COC(C(n6cnc7c(N)ncnc76)O4)C5OP(O)(=S)OCC34CC24)c(=O)[nH]1. The third-order valence-electron chi connectivity index (χ3n) is 9.45. The Kier molecular flexibility index (Phi) is 6.27. The lowest BCUT2D eigenvalue weighted by molar-refractivity contribution is -0.183. The number of aromatic amines is 1. The van der Waals surface area contributed by atoms with E-state index in [2.05, 4.69) is 35.2 Å². The number of aliphatic hydroxyl groups is 1. The second-order valence-electron chi connectivity index (χ2n) is 11.9. The Morgan fingerprint density at radius 1 is 1.15 bits per heavy atom. The van der Waals surface area contributed by atoms with Gasteiger partial charge in [0.1, 0.15) is 41.9 Å². The molecule has 7 heterocycles. The molecule has 0 amide bonds. The molecule has 0 radical (unpaired) electrons. The highest BCUT2D eigenvalue weighted by atomic mass is 32.5. The molecule has 11 unspecified atom stereocenters. The zero-order chi connectivity index (χ0) is 31.7. The van der Waals surface area contributed by atoms with Gasteiger partial charge >= 0.3 is 15.3 Å². The topological polar surface area (TPSA) is 288 Å². The van der Waals surface area contributed by atoms with Gasteiger partial charge in [0, 0.05) is 5.41 Å². The van der Waals surface area contributed by atoms with E-state index in [1.165, 1.54) is 17.3 Å². The van der Waals surface area contributed by atoms with Crippen LogP contribution in [0.1, 0.15) is 18.7 Å². The lowest BCUT2D eigenvalue weighted by atomic mass is 10.0. The molecular weight excluding hydrogens is 672 g/mol. The van der Waals surface area contributed by atoms with Gasteiger partial charge in [0.2, 0.25) is 5.95 Å². The van der Waals surface area contributed by atoms with Crippen LogP contribution in [0.25, 0.3) is 22.3 Å². The summed E-state index contributed by atoms with van der Waals surface area (Å²) in [5.74, 6) is -0.338. The molecule has 1 spiro atoms. The molecule has 46 heavy (non-hydrogen) atoms. The number of aliphatic hydroxyl groups excluding tert-OH is 1. The maximum absolute atomic E-state index is 12.4. The lowest BCUT2D eigenvalue weighted by Crippen LogP contribution is -2.46. The summed E-state index contributed by atoms with van der Waals surface area (Å²) in [5, 5.41) is 19.5. The minimum absolute atomic E-state index is 0.0319. The monoisotopic (exact) mass is 697 g/mol. The first kappa shape index (κ1) is 29.3. The summed E-state index contributed by atoms with van der Waals surface area (Å²) in [6.45, 7) is -4.53. The molecule has 244 valence electrons. The lowest BCUT2D eigenvalue weighted by Gasteiger charge is -2.35. The van der Waals surface area contributed by atoms with Gasteiger partial charge in [0.15, 0.2) is 28.9 Å². The number of aromatic nitrogens is 9. The maximum Gasteiger partial charge on any atom is 0.330 e. The van der Waals surface area contributed by atoms with Crippen molar-refractivity contribution in [2.24, 2.45) is 11.3 Å². The van der Waals surface area contributed by atoms with Gasteiger partial charge in [0.05, 0.1) is 32.2 Å². The number of nitrogens with zero attached hydrogens (tertiary/aromatic N) is 8. The second kappa shape index (κ2) is 9.84. The van der Waals surface area contributed by atoms with E-state index >= 15 is 0 Å². The van der Waals surface area contributed by atoms with E-state index in [1.807, 2.05) is 0 Å². The molecule has 3 saturated heterocycles. The Balaban J connectivity index is 1.03. The molecule has 2 saturated carbocycles. The summed E-state index contributed by atoms with van der Waals surface area (Å²) in [5.41, 5.74) is 9.58. The van der Waals surface area contributed by atoms with Crippen molar-refractivity contribution in [2.75, 3.05) is 31.3 Å².